The molecule has 21 heavy (non-hydrogen) atoms. The normalized spacial score (nSPS) is 21.7. The van der Waals surface area contributed by atoms with Gasteiger partial charge in [-0.25, -0.2) is 4.79 Å². The van der Waals surface area contributed by atoms with Crippen LogP contribution in [0.1, 0.15) is 37.4 Å². The minimum atomic E-state index is -0.915. The van der Waals surface area contributed by atoms with Gasteiger partial charge in [-0.15, -0.1) is 11.3 Å². The third-order valence-electron chi connectivity index (χ3n) is 3.21. The summed E-state index contributed by atoms with van der Waals surface area (Å²) in [6, 6.07) is 4.04. The van der Waals surface area contributed by atoms with Gasteiger partial charge in [0, 0.05) is 35.5 Å². The second-order valence-corrected chi connectivity index (χ2v) is 7.94. The summed E-state index contributed by atoms with van der Waals surface area (Å²) in [5.41, 5.74) is -0.296. The van der Waals surface area contributed by atoms with Crippen molar-refractivity contribution in [3.05, 3.63) is 28.0 Å². The van der Waals surface area contributed by atoms with Gasteiger partial charge in [0.15, 0.2) is 0 Å². The molecule has 1 aromatic heterocycles. The van der Waals surface area contributed by atoms with Gasteiger partial charge in [-0.05, 0) is 45.9 Å². The summed E-state index contributed by atoms with van der Waals surface area (Å²) < 4.78 is 6.08. The van der Waals surface area contributed by atoms with E-state index in [1.807, 2.05) is 6.07 Å². The lowest BCUT2D eigenvalue weighted by atomic mass is 9.99. The fourth-order valence-electron chi connectivity index (χ4n) is 3.00. The lowest BCUT2D eigenvalue weighted by Crippen LogP contribution is -2.56. The van der Waals surface area contributed by atoms with Crippen LogP contribution in [-0.4, -0.2) is 40.3 Å². The van der Waals surface area contributed by atoms with Crippen molar-refractivity contribution in [2.24, 2.45) is 0 Å². The minimum absolute atomic E-state index is 0.148. The molecule has 4 nitrogen and oxygen atoms in total. The Kier molecular flexibility index (Phi) is 4.56. The molecule has 0 unspecified atom stereocenters. The third kappa shape index (κ3) is 4.95. The Morgan fingerprint density at radius 3 is 2.52 bits per heavy atom. The van der Waals surface area contributed by atoms with Crippen molar-refractivity contribution < 1.29 is 14.6 Å². The van der Waals surface area contributed by atoms with Crippen molar-refractivity contribution in [2.75, 3.05) is 13.1 Å². The number of carboxylic acid groups (broad SMARTS) is 1. The smallest absolute Gasteiger partial charge is 0.328 e. The van der Waals surface area contributed by atoms with Crippen LogP contribution in [0.3, 0.4) is 0 Å². The van der Waals surface area contributed by atoms with Crippen LogP contribution in [0.25, 0.3) is 6.08 Å². The lowest BCUT2D eigenvalue weighted by molar-refractivity contribution is -0.182. The Morgan fingerprint density at radius 2 is 1.95 bits per heavy atom. The highest BCUT2D eigenvalue weighted by molar-refractivity contribution is 7.12. The van der Waals surface area contributed by atoms with Crippen molar-refractivity contribution in [3.8, 4) is 0 Å². The van der Waals surface area contributed by atoms with Crippen LogP contribution in [0.15, 0.2) is 18.2 Å². The molecule has 1 aliphatic heterocycles. The van der Waals surface area contributed by atoms with E-state index >= 15 is 0 Å². The van der Waals surface area contributed by atoms with Crippen LogP contribution in [0.4, 0.5) is 0 Å². The summed E-state index contributed by atoms with van der Waals surface area (Å²) in [5.74, 6) is -0.915. The molecule has 0 bridgehead atoms. The number of hydrogen-bond acceptors (Lipinski definition) is 4. The molecule has 1 aliphatic rings. The van der Waals surface area contributed by atoms with Crippen molar-refractivity contribution in [3.63, 3.8) is 0 Å². The number of thiophene rings is 1. The van der Waals surface area contributed by atoms with Crippen LogP contribution < -0.4 is 0 Å². The van der Waals surface area contributed by atoms with Crippen LogP contribution >= 0.6 is 11.3 Å². The predicted octanol–water partition coefficient (Wildman–Crippen LogP) is 3.24. The van der Waals surface area contributed by atoms with Gasteiger partial charge in [0.25, 0.3) is 0 Å². The van der Waals surface area contributed by atoms with E-state index in [0.717, 1.165) is 24.5 Å². The maximum atomic E-state index is 10.5. The van der Waals surface area contributed by atoms with Crippen molar-refractivity contribution >= 4 is 23.4 Å². The number of nitrogens with zero attached hydrogens (tertiary/aromatic N) is 1. The lowest BCUT2D eigenvalue weighted by Gasteiger charge is -2.47. The van der Waals surface area contributed by atoms with Crippen LogP contribution in [0, 0.1) is 0 Å². The summed E-state index contributed by atoms with van der Waals surface area (Å²) >= 11 is 1.64. The minimum Gasteiger partial charge on any atom is -0.478 e. The molecule has 1 fully saturated rings. The molecule has 0 saturated carbocycles. The molecule has 2 heterocycles. The van der Waals surface area contributed by atoms with Gasteiger partial charge in [0.05, 0.1) is 11.2 Å². The van der Waals surface area contributed by atoms with Crippen LogP contribution in [0.5, 0.6) is 0 Å². The van der Waals surface area contributed by atoms with E-state index in [0.29, 0.717) is 0 Å². The fraction of sp³-hybridized carbons (Fsp3) is 0.562. The topological polar surface area (TPSA) is 49.8 Å². The van der Waals surface area contributed by atoms with E-state index in [9.17, 15) is 4.79 Å². The fourth-order valence-corrected chi connectivity index (χ4v) is 3.96. The molecular formula is C16H23NO3S. The zero-order valence-corrected chi connectivity index (χ0v) is 13.9. The van der Waals surface area contributed by atoms with Gasteiger partial charge in [-0.1, -0.05) is 0 Å². The Morgan fingerprint density at radius 1 is 1.33 bits per heavy atom. The van der Waals surface area contributed by atoms with Crippen molar-refractivity contribution in [2.45, 2.75) is 45.4 Å². The maximum Gasteiger partial charge on any atom is 0.328 e. The average molecular weight is 309 g/mol. The first-order valence-electron chi connectivity index (χ1n) is 7.07. The summed E-state index contributed by atoms with van der Waals surface area (Å²) in [5, 5.41) is 8.65. The SMILES string of the molecule is CC1(C)CN(Cc2ccc(/C=C/C(=O)O)s2)CC(C)(C)O1. The van der Waals surface area contributed by atoms with E-state index < -0.39 is 5.97 Å². The van der Waals surface area contributed by atoms with E-state index in [-0.39, 0.29) is 11.2 Å². The summed E-state index contributed by atoms with van der Waals surface area (Å²) in [7, 11) is 0. The van der Waals surface area contributed by atoms with E-state index in [4.69, 9.17) is 9.84 Å². The number of carboxylic acids is 1. The molecule has 0 aliphatic carbocycles. The summed E-state index contributed by atoms with van der Waals surface area (Å²) in [4.78, 5) is 15.2. The third-order valence-corrected chi connectivity index (χ3v) is 4.25. The van der Waals surface area contributed by atoms with Gasteiger partial charge >= 0.3 is 5.97 Å². The highest BCUT2D eigenvalue weighted by Crippen LogP contribution is 2.30. The van der Waals surface area contributed by atoms with Gasteiger partial charge < -0.3 is 9.84 Å². The monoisotopic (exact) mass is 309 g/mol. The zero-order valence-electron chi connectivity index (χ0n) is 13.0. The molecule has 0 amide bonds. The Labute approximate surface area is 130 Å². The first kappa shape index (κ1) is 16.2. The zero-order chi connectivity index (χ0) is 15.7. The number of morpholine rings is 1. The first-order chi connectivity index (χ1) is 9.65. The average Bonchev–Trinajstić information content (AvgIpc) is 2.69. The second-order valence-electron chi connectivity index (χ2n) is 6.74. The van der Waals surface area contributed by atoms with E-state index in [2.05, 4.69) is 38.7 Å². The second kappa shape index (κ2) is 5.91. The molecule has 5 heteroatoms. The summed E-state index contributed by atoms with van der Waals surface area (Å²) in [6.45, 7) is 11.2. The molecule has 0 radical (unpaired) electrons. The molecule has 0 spiro atoms. The van der Waals surface area contributed by atoms with Crippen LogP contribution in [0.2, 0.25) is 0 Å². The maximum absolute atomic E-state index is 10.5. The Balaban J connectivity index is 2.03. The van der Waals surface area contributed by atoms with E-state index in [1.54, 1.807) is 17.4 Å². The van der Waals surface area contributed by atoms with Gasteiger partial charge in [0.2, 0.25) is 0 Å². The highest BCUT2D eigenvalue weighted by atomic mass is 32.1. The molecule has 1 aromatic rings. The van der Waals surface area contributed by atoms with Gasteiger partial charge in [0.1, 0.15) is 0 Å². The number of rotatable bonds is 4. The molecule has 0 atom stereocenters. The molecule has 1 N–H and O–H groups in total. The molecular weight excluding hydrogens is 286 g/mol. The Bertz CT molecular complexity index is 529. The highest BCUT2D eigenvalue weighted by Gasteiger charge is 2.37. The molecule has 2 rings (SSSR count). The van der Waals surface area contributed by atoms with Crippen molar-refractivity contribution in [1.29, 1.82) is 0 Å². The van der Waals surface area contributed by atoms with Crippen LogP contribution in [-0.2, 0) is 16.1 Å². The number of ether oxygens (including phenoxy) is 1. The van der Waals surface area contributed by atoms with Gasteiger partial charge in [-0.2, -0.15) is 0 Å². The first-order valence-corrected chi connectivity index (χ1v) is 7.89. The predicted molar refractivity (Wildman–Crippen MR) is 85.5 cm³/mol. The van der Waals surface area contributed by atoms with Crippen molar-refractivity contribution in [1.82, 2.24) is 4.90 Å². The quantitative estimate of drug-likeness (QED) is 0.868. The number of aliphatic carboxylic acids is 1. The number of carbonyl (C=O) groups is 1. The molecule has 116 valence electrons. The molecule has 0 aromatic carbocycles. The van der Waals surface area contributed by atoms with Gasteiger partial charge in [-0.3, -0.25) is 4.90 Å². The summed E-state index contributed by atoms with van der Waals surface area (Å²) in [6.07, 6.45) is 2.82. The standard InChI is InChI=1S/C16H23NO3S/c1-15(2)10-17(11-16(3,4)20-15)9-13-6-5-12(21-13)7-8-14(18)19/h5-8H,9-11H2,1-4H3,(H,18,19)/b8-7+. The van der Waals surface area contributed by atoms with E-state index in [1.165, 1.54) is 11.0 Å². The molecule has 1 saturated heterocycles. The number of hydrogen-bond donors (Lipinski definition) is 1. The Hall–Kier alpha value is -1.17. The largest absolute Gasteiger partial charge is 0.478 e.